The molecule has 0 saturated heterocycles. The van der Waals surface area contributed by atoms with E-state index in [1.165, 1.54) is 25.7 Å². The van der Waals surface area contributed by atoms with Crippen LogP contribution in [0.2, 0.25) is 5.02 Å². The van der Waals surface area contributed by atoms with E-state index in [1.807, 2.05) is 48.5 Å². The van der Waals surface area contributed by atoms with Crippen molar-refractivity contribution in [1.82, 2.24) is 5.01 Å². The van der Waals surface area contributed by atoms with E-state index in [0.29, 0.717) is 0 Å². The zero-order valence-electron chi connectivity index (χ0n) is 21.0. The van der Waals surface area contributed by atoms with Gasteiger partial charge in [-0.2, -0.15) is 5.10 Å². The van der Waals surface area contributed by atoms with Crippen LogP contribution in [0.3, 0.4) is 0 Å². The third-order valence-corrected chi connectivity index (χ3v) is 7.11. The van der Waals surface area contributed by atoms with Crippen LogP contribution in [0.5, 0.6) is 17.2 Å². The summed E-state index contributed by atoms with van der Waals surface area (Å²) in [6.07, 6.45) is 6.54. The SMILES string of the molecule is CCCCCCCOc1ccc([C@@H]2Oc3c(OC)cccc3[C@H]3CC(c4ccc(Cl)cc4)=NN32)cc1. The number of hydrazone groups is 1. The van der Waals surface area contributed by atoms with Gasteiger partial charge < -0.3 is 14.2 Å². The monoisotopic (exact) mass is 504 g/mol. The molecular weight excluding hydrogens is 472 g/mol. The van der Waals surface area contributed by atoms with Crippen LogP contribution < -0.4 is 14.2 Å². The Morgan fingerprint density at radius 1 is 0.972 bits per heavy atom. The average molecular weight is 505 g/mol. The standard InChI is InChI=1S/C30H33ClN2O3/c1-3-4-5-6-7-19-35-24-17-13-22(14-18-24)30-33-27(25-9-8-10-28(34-2)29(25)36-30)20-26(32-33)21-11-15-23(31)16-12-21/h8-18,27,30H,3-7,19-20H2,1-2H3/t27-,30+/m1/s1. The van der Waals surface area contributed by atoms with E-state index >= 15 is 0 Å². The number of fused-ring (bicyclic) bond motifs is 3. The number of nitrogens with zero attached hydrogens (tertiary/aromatic N) is 2. The first kappa shape index (κ1) is 24.5. The molecule has 0 amide bonds. The second-order valence-corrected chi connectivity index (χ2v) is 9.77. The topological polar surface area (TPSA) is 43.3 Å². The van der Waals surface area contributed by atoms with Gasteiger partial charge in [-0.1, -0.05) is 68.5 Å². The zero-order valence-corrected chi connectivity index (χ0v) is 21.7. The Hall–Kier alpha value is -3.18. The fourth-order valence-corrected chi connectivity index (χ4v) is 5.03. The first-order valence-corrected chi connectivity index (χ1v) is 13.2. The lowest BCUT2D eigenvalue weighted by molar-refractivity contribution is -0.0209. The summed E-state index contributed by atoms with van der Waals surface area (Å²) < 4.78 is 18.2. The molecule has 36 heavy (non-hydrogen) atoms. The fourth-order valence-electron chi connectivity index (χ4n) is 4.91. The molecule has 3 aromatic rings. The third-order valence-electron chi connectivity index (χ3n) is 6.86. The molecule has 2 heterocycles. The lowest BCUT2D eigenvalue weighted by Gasteiger charge is -2.38. The number of rotatable bonds is 10. The van der Waals surface area contributed by atoms with E-state index in [-0.39, 0.29) is 12.3 Å². The molecule has 0 N–H and O–H groups in total. The Morgan fingerprint density at radius 2 is 1.75 bits per heavy atom. The molecule has 0 fully saturated rings. The molecule has 0 unspecified atom stereocenters. The van der Waals surface area contributed by atoms with Crippen molar-refractivity contribution in [2.45, 2.75) is 57.7 Å². The lowest BCUT2D eigenvalue weighted by Crippen LogP contribution is -2.33. The summed E-state index contributed by atoms with van der Waals surface area (Å²) in [7, 11) is 1.68. The van der Waals surface area contributed by atoms with Crippen LogP contribution >= 0.6 is 11.6 Å². The molecule has 6 heteroatoms. The lowest BCUT2D eigenvalue weighted by atomic mass is 9.95. The minimum atomic E-state index is -0.369. The second kappa shape index (κ2) is 11.3. The van der Waals surface area contributed by atoms with Crippen molar-refractivity contribution in [2.75, 3.05) is 13.7 Å². The molecule has 2 aliphatic heterocycles. The van der Waals surface area contributed by atoms with Gasteiger partial charge in [-0.15, -0.1) is 0 Å². The molecular formula is C30H33ClN2O3. The highest BCUT2D eigenvalue weighted by Crippen LogP contribution is 2.50. The van der Waals surface area contributed by atoms with Crippen molar-refractivity contribution in [1.29, 1.82) is 0 Å². The highest BCUT2D eigenvalue weighted by atomic mass is 35.5. The number of methoxy groups -OCH3 is 1. The number of hydrogen-bond donors (Lipinski definition) is 0. The van der Waals surface area contributed by atoms with Gasteiger partial charge in [-0.3, -0.25) is 0 Å². The van der Waals surface area contributed by atoms with Crippen LogP contribution in [0.1, 0.15) is 74.4 Å². The molecule has 0 bridgehead atoms. The number of halogens is 1. The Labute approximate surface area is 218 Å². The summed E-state index contributed by atoms with van der Waals surface area (Å²) in [6.45, 7) is 2.98. The van der Waals surface area contributed by atoms with Crippen molar-refractivity contribution in [3.8, 4) is 17.2 Å². The quantitative estimate of drug-likeness (QED) is 0.263. The molecule has 0 aliphatic carbocycles. The molecule has 3 aromatic carbocycles. The van der Waals surface area contributed by atoms with E-state index in [2.05, 4.69) is 30.1 Å². The number of ether oxygens (including phenoxy) is 3. The van der Waals surface area contributed by atoms with Gasteiger partial charge in [0.2, 0.25) is 6.23 Å². The van der Waals surface area contributed by atoms with Gasteiger partial charge in [0.1, 0.15) is 5.75 Å². The van der Waals surface area contributed by atoms with Crippen LogP contribution in [0.25, 0.3) is 0 Å². The van der Waals surface area contributed by atoms with Crippen molar-refractivity contribution in [3.63, 3.8) is 0 Å². The van der Waals surface area contributed by atoms with Gasteiger partial charge in [0.25, 0.3) is 0 Å². The summed E-state index contributed by atoms with van der Waals surface area (Å²) in [6, 6.07) is 22.2. The summed E-state index contributed by atoms with van der Waals surface area (Å²) in [5.74, 6) is 2.40. The van der Waals surface area contributed by atoms with Crippen molar-refractivity contribution < 1.29 is 14.2 Å². The van der Waals surface area contributed by atoms with Gasteiger partial charge in [-0.25, -0.2) is 5.01 Å². The van der Waals surface area contributed by atoms with Crippen LogP contribution in [0, 0.1) is 0 Å². The number of unbranched alkanes of at least 4 members (excludes halogenated alkanes) is 4. The molecule has 0 radical (unpaired) electrons. The summed E-state index contributed by atoms with van der Waals surface area (Å²) in [4.78, 5) is 0. The van der Waals surface area contributed by atoms with Gasteiger partial charge in [0.05, 0.1) is 25.5 Å². The van der Waals surface area contributed by atoms with E-state index in [9.17, 15) is 0 Å². The van der Waals surface area contributed by atoms with Crippen LogP contribution in [-0.4, -0.2) is 24.4 Å². The maximum Gasteiger partial charge on any atom is 0.214 e. The highest BCUT2D eigenvalue weighted by molar-refractivity contribution is 6.30. The molecule has 5 nitrogen and oxygen atoms in total. The number of para-hydroxylation sites is 1. The van der Waals surface area contributed by atoms with Crippen LogP contribution in [0.4, 0.5) is 0 Å². The van der Waals surface area contributed by atoms with E-state index < -0.39 is 0 Å². The van der Waals surface area contributed by atoms with E-state index in [4.69, 9.17) is 30.9 Å². The molecule has 5 rings (SSSR count). The van der Waals surface area contributed by atoms with E-state index in [0.717, 1.165) is 64.1 Å². The largest absolute Gasteiger partial charge is 0.494 e. The fraction of sp³-hybridized carbons (Fsp3) is 0.367. The predicted octanol–water partition coefficient (Wildman–Crippen LogP) is 7.94. The van der Waals surface area contributed by atoms with Crippen molar-refractivity contribution >= 4 is 17.3 Å². The second-order valence-electron chi connectivity index (χ2n) is 9.33. The highest BCUT2D eigenvalue weighted by Gasteiger charge is 2.42. The predicted molar refractivity (Wildman–Crippen MR) is 144 cm³/mol. The smallest absolute Gasteiger partial charge is 0.214 e. The van der Waals surface area contributed by atoms with Crippen molar-refractivity contribution in [2.24, 2.45) is 5.10 Å². The first-order chi connectivity index (χ1) is 17.7. The summed E-state index contributed by atoms with van der Waals surface area (Å²) in [5.41, 5.74) is 4.19. The minimum Gasteiger partial charge on any atom is -0.494 e. The normalized spacial score (nSPS) is 18.2. The Morgan fingerprint density at radius 3 is 2.50 bits per heavy atom. The van der Waals surface area contributed by atoms with Gasteiger partial charge in [0.15, 0.2) is 11.5 Å². The summed E-state index contributed by atoms with van der Waals surface area (Å²) in [5, 5.41) is 7.84. The maximum absolute atomic E-state index is 6.57. The first-order valence-electron chi connectivity index (χ1n) is 12.9. The third kappa shape index (κ3) is 5.17. The zero-order chi connectivity index (χ0) is 24.9. The summed E-state index contributed by atoms with van der Waals surface area (Å²) >= 11 is 6.12. The van der Waals surface area contributed by atoms with Gasteiger partial charge >= 0.3 is 0 Å². The number of benzene rings is 3. The van der Waals surface area contributed by atoms with Crippen LogP contribution in [0.15, 0.2) is 71.8 Å². The van der Waals surface area contributed by atoms with Crippen LogP contribution in [-0.2, 0) is 0 Å². The average Bonchev–Trinajstić information content (AvgIpc) is 3.36. The van der Waals surface area contributed by atoms with Gasteiger partial charge in [-0.05, 0) is 54.4 Å². The molecule has 188 valence electrons. The maximum atomic E-state index is 6.57. The van der Waals surface area contributed by atoms with Gasteiger partial charge in [0, 0.05) is 22.6 Å². The Bertz CT molecular complexity index is 1190. The molecule has 0 saturated carbocycles. The van der Waals surface area contributed by atoms with Crippen molar-refractivity contribution in [3.05, 3.63) is 88.4 Å². The Balaban J connectivity index is 1.38. The molecule has 0 aromatic heterocycles. The minimum absolute atomic E-state index is 0.0542. The number of hydrogen-bond acceptors (Lipinski definition) is 5. The van der Waals surface area contributed by atoms with E-state index in [1.54, 1.807) is 7.11 Å². The Kier molecular flexibility index (Phi) is 7.66. The molecule has 2 aliphatic rings. The molecule has 0 spiro atoms. The molecule has 2 atom stereocenters.